The van der Waals surface area contributed by atoms with Crippen LogP contribution in [0, 0.1) is 0 Å². The monoisotopic (exact) mass is 258 g/mol. The fraction of sp³-hybridized carbons (Fsp3) is 0.533. The fourth-order valence-corrected chi connectivity index (χ4v) is 2.42. The molecule has 1 aliphatic carbocycles. The molecule has 1 aliphatic rings. The summed E-state index contributed by atoms with van der Waals surface area (Å²) in [4.78, 5) is 10.5. The quantitative estimate of drug-likeness (QED) is 0.834. The molecule has 1 aromatic carbocycles. The van der Waals surface area contributed by atoms with Gasteiger partial charge in [-0.05, 0) is 44.6 Å². The zero-order valence-electron chi connectivity index (χ0n) is 11.7. The number of hydrogen-bond donors (Lipinski definition) is 2. The Morgan fingerprint density at radius 3 is 3.00 bits per heavy atom. The zero-order chi connectivity index (χ0) is 13.2. The van der Waals surface area contributed by atoms with Crippen LogP contribution >= 0.6 is 0 Å². The molecule has 0 aliphatic heterocycles. The Hall–Kier alpha value is -1.39. The second-order valence-electron chi connectivity index (χ2n) is 5.59. The van der Waals surface area contributed by atoms with Gasteiger partial charge in [0.1, 0.15) is 5.82 Å². The van der Waals surface area contributed by atoms with Crippen molar-refractivity contribution in [1.29, 1.82) is 0 Å². The number of nitrogens with zero attached hydrogens (tertiary/aromatic N) is 2. The molecule has 1 fully saturated rings. The highest BCUT2D eigenvalue weighted by molar-refractivity contribution is 5.76. The van der Waals surface area contributed by atoms with Gasteiger partial charge in [-0.1, -0.05) is 6.07 Å². The van der Waals surface area contributed by atoms with E-state index in [0.29, 0.717) is 5.92 Å². The number of aromatic nitrogens is 2. The summed E-state index contributed by atoms with van der Waals surface area (Å²) in [7, 11) is 4.15. The number of rotatable bonds is 6. The van der Waals surface area contributed by atoms with Gasteiger partial charge in [0.2, 0.25) is 0 Å². The first kappa shape index (κ1) is 12.6. The molecule has 1 aromatic heterocycles. The van der Waals surface area contributed by atoms with Crippen LogP contribution in [0.2, 0.25) is 0 Å². The zero-order valence-corrected chi connectivity index (χ0v) is 11.7. The lowest BCUT2D eigenvalue weighted by molar-refractivity contribution is 0.328. The maximum absolute atomic E-state index is 4.67. The maximum Gasteiger partial charge on any atom is 0.110 e. The van der Waals surface area contributed by atoms with Gasteiger partial charge >= 0.3 is 0 Å². The van der Waals surface area contributed by atoms with Crippen molar-refractivity contribution in [2.75, 3.05) is 27.2 Å². The lowest BCUT2D eigenvalue weighted by Crippen LogP contribution is -2.26. The van der Waals surface area contributed by atoms with Gasteiger partial charge in [-0.2, -0.15) is 0 Å². The van der Waals surface area contributed by atoms with E-state index in [4.69, 9.17) is 0 Å². The lowest BCUT2D eigenvalue weighted by atomic mass is 10.2. The van der Waals surface area contributed by atoms with Crippen molar-refractivity contribution in [3.63, 3.8) is 0 Å². The minimum atomic E-state index is 0.689. The molecule has 1 heterocycles. The first-order valence-electron chi connectivity index (χ1n) is 7.08. The van der Waals surface area contributed by atoms with Crippen LogP contribution in [-0.2, 0) is 6.54 Å². The van der Waals surface area contributed by atoms with Gasteiger partial charge in [-0.3, -0.25) is 0 Å². The molecule has 4 nitrogen and oxygen atoms in total. The molecule has 1 saturated carbocycles. The molecule has 0 bridgehead atoms. The van der Waals surface area contributed by atoms with Gasteiger partial charge in [0.05, 0.1) is 11.0 Å². The number of benzene rings is 1. The third-order valence-electron chi connectivity index (χ3n) is 3.72. The number of aromatic amines is 1. The van der Waals surface area contributed by atoms with Crippen LogP contribution < -0.4 is 5.32 Å². The van der Waals surface area contributed by atoms with Crippen molar-refractivity contribution < 1.29 is 0 Å². The summed E-state index contributed by atoms with van der Waals surface area (Å²) in [5, 5.41) is 3.18. The Bertz CT molecular complexity index is 556. The summed E-state index contributed by atoms with van der Waals surface area (Å²) < 4.78 is 0. The Labute approximate surface area is 114 Å². The highest BCUT2D eigenvalue weighted by Gasteiger charge is 2.26. The molecule has 0 saturated heterocycles. The summed E-state index contributed by atoms with van der Waals surface area (Å²) in [6.07, 6.45) is 2.58. The number of nitrogens with one attached hydrogen (secondary N) is 2. The van der Waals surface area contributed by atoms with Crippen LogP contribution in [0.25, 0.3) is 11.0 Å². The van der Waals surface area contributed by atoms with E-state index in [1.807, 2.05) is 7.05 Å². The third-order valence-corrected chi connectivity index (χ3v) is 3.72. The van der Waals surface area contributed by atoms with Crippen LogP contribution in [0.5, 0.6) is 0 Å². The summed E-state index contributed by atoms with van der Waals surface area (Å²) in [6, 6.07) is 6.57. The van der Waals surface area contributed by atoms with E-state index < -0.39 is 0 Å². The highest BCUT2D eigenvalue weighted by atomic mass is 15.1. The molecular formula is C15H22N4. The summed E-state index contributed by atoms with van der Waals surface area (Å²) in [6.45, 7) is 3.06. The predicted octanol–water partition coefficient (Wildman–Crippen LogP) is 2.09. The SMILES string of the molecule is CNCCN(C)Cc1ccc2nc(C3CC3)[nH]c2c1. The van der Waals surface area contributed by atoms with Crippen molar-refractivity contribution in [1.82, 2.24) is 20.2 Å². The molecule has 3 rings (SSSR count). The number of H-pyrrole nitrogens is 1. The number of likely N-dealkylation sites (N-methyl/N-ethyl adjacent to an activating group) is 2. The number of hydrogen-bond acceptors (Lipinski definition) is 3. The minimum Gasteiger partial charge on any atom is -0.342 e. The van der Waals surface area contributed by atoms with Crippen LogP contribution in [-0.4, -0.2) is 42.1 Å². The van der Waals surface area contributed by atoms with Gasteiger partial charge in [0.25, 0.3) is 0 Å². The van der Waals surface area contributed by atoms with E-state index in [0.717, 1.165) is 25.2 Å². The summed E-state index contributed by atoms with van der Waals surface area (Å²) >= 11 is 0. The van der Waals surface area contributed by atoms with Gasteiger partial charge in [0, 0.05) is 25.6 Å². The lowest BCUT2D eigenvalue weighted by Gasteiger charge is -2.16. The third kappa shape index (κ3) is 2.96. The highest BCUT2D eigenvalue weighted by Crippen LogP contribution is 2.39. The number of fused-ring (bicyclic) bond motifs is 1. The van der Waals surface area contributed by atoms with Gasteiger partial charge in [-0.15, -0.1) is 0 Å². The largest absolute Gasteiger partial charge is 0.342 e. The van der Waals surface area contributed by atoms with Crippen LogP contribution in [0.1, 0.15) is 30.1 Å². The second-order valence-corrected chi connectivity index (χ2v) is 5.59. The first-order valence-corrected chi connectivity index (χ1v) is 7.08. The molecule has 0 atom stereocenters. The van der Waals surface area contributed by atoms with Crippen LogP contribution in [0.15, 0.2) is 18.2 Å². The Morgan fingerprint density at radius 1 is 1.42 bits per heavy atom. The van der Waals surface area contributed by atoms with Gasteiger partial charge in [-0.25, -0.2) is 4.98 Å². The Kier molecular flexibility index (Phi) is 3.53. The standard InChI is InChI=1S/C15H22N4/c1-16-7-8-19(2)10-11-3-6-13-14(9-11)18-15(17-13)12-4-5-12/h3,6,9,12,16H,4-5,7-8,10H2,1-2H3,(H,17,18). The average molecular weight is 258 g/mol. The second kappa shape index (κ2) is 5.31. The minimum absolute atomic E-state index is 0.689. The van der Waals surface area contributed by atoms with Crippen molar-refractivity contribution >= 4 is 11.0 Å². The smallest absolute Gasteiger partial charge is 0.110 e. The summed E-state index contributed by atoms with van der Waals surface area (Å²) in [5.74, 6) is 1.87. The topological polar surface area (TPSA) is 44.0 Å². The molecule has 2 aromatic rings. The van der Waals surface area contributed by atoms with Gasteiger partial charge < -0.3 is 15.2 Å². The van der Waals surface area contributed by atoms with Crippen LogP contribution in [0.4, 0.5) is 0 Å². The molecule has 102 valence electrons. The molecule has 0 radical (unpaired) electrons. The van der Waals surface area contributed by atoms with Crippen molar-refractivity contribution in [2.24, 2.45) is 0 Å². The molecule has 19 heavy (non-hydrogen) atoms. The van der Waals surface area contributed by atoms with E-state index in [1.165, 1.54) is 29.7 Å². The first-order chi connectivity index (χ1) is 9.26. The van der Waals surface area contributed by atoms with Gasteiger partial charge in [0.15, 0.2) is 0 Å². The number of imidazole rings is 1. The van der Waals surface area contributed by atoms with E-state index in [9.17, 15) is 0 Å². The van der Waals surface area contributed by atoms with Crippen molar-refractivity contribution in [2.45, 2.75) is 25.3 Å². The Morgan fingerprint density at radius 2 is 2.26 bits per heavy atom. The summed E-state index contributed by atoms with van der Waals surface area (Å²) in [5.41, 5.74) is 3.63. The van der Waals surface area contributed by atoms with Crippen molar-refractivity contribution in [3.05, 3.63) is 29.6 Å². The molecule has 4 heteroatoms. The van der Waals surface area contributed by atoms with Crippen molar-refractivity contribution in [3.8, 4) is 0 Å². The van der Waals surface area contributed by atoms with E-state index in [1.54, 1.807) is 0 Å². The Balaban J connectivity index is 1.73. The predicted molar refractivity (Wildman–Crippen MR) is 78.3 cm³/mol. The fourth-order valence-electron chi connectivity index (χ4n) is 2.42. The molecule has 0 spiro atoms. The molecule has 2 N–H and O–H groups in total. The van der Waals surface area contributed by atoms with E-state index in [2.05, 4.69) is 45.4 Å². The maximum atomic E-state index is 4.67. The van der Waals surface area contributed by atoms with E-state index in [-0.39, 0.29) is 0 Å². The normalized spacial score (nSPS) is 15.5. The molecule has 0 unspecified atom stereocenters. The van der Waals surface area contributed by atoms with E-state index >= 15 is 0 Å². The molecular weight excluding hydrogens is 236 g/mol. The molecule has 0 amide bonds. The van der Waals surface area contributed by atoms with Crippen LogP contribution in [0.3, 0.4) is 0 Å². The average Bonchev–Trinajstić information content (AvgIpc) is 3.16.